The zero-order valence-electron chi connectivity index (χ0n) is 15.4. The predicted molar refractivity (Wildman–Crippen MR) is 116 cm³/mol. The first-order valence-corrected chi connectivity index (χ1v) is 9.55. The van der Waals surface area contributed by atoms with Crippen LogP contribution in [0.3, 0.4) is 0 Å². The Balaban J connectivity index is 2.01. The molecule has 4 rings (SSSR count). The maximum absolute atomic E-state index is 6.82. The minimum absolute atomic E-state index is 0.641. The molecule has 0 aliphatic heterocycles. The van der Waals surface area contributed by atoms with Crippen molar-refractivity contribution in [2.24, 2.45) is 0 Å². The van der Waals surface area contributed by atoms with Crippen LogP contribution in [0.25, 0.3) is 0 Å². The topological polar surface area (TPSA) is 9.23 Å². The third kappa shape index (κ3) is 3.42. The van der Waals surface area contributed by atoms with Crippen molar-refractivity contribution in [3.8, 4) is 5.75 Å². The average molecular weight is 384 g/mol. The van der Waals surface area contributed by atoms with Crippen LogP contribution >= 0.6 is 11.6 Å². The normalized spacial score (nSPS) is 11.2. The lowest BCUT2D eigenvalue weighted by Crippen LogP contribution is -2.36. The Bertz CT molecular complexity index is 947. The first-order valence-electron chi connectivity index (χ1n) is 9.17. The SMILES string of the molecule is [CH2]c1cc(Cl)ccc1OC(c1ccccc1)(c1ccccc1)c1ccccc1. The molecule has 0 saturated carbocycles. The van der Waals surface area contributed by atoms with Crippen LogP contribution in [0.5, 0.6) is 5.75 Å². The second-order valence-corrected chi connectivity index (χ2v) is 7.07. The van der Waals surface area contributed by atoms with Gasteiger partial charge >= 0.3 is 0 Å². The van der Waals surface area contributed by atoms with E-state index in [9.17, 15) is 0 Å². The largest absolute Gasteiger partial charge is 0.473 e. The zero-order chi connectivity index (χ0) is 19.4. The summed E-state index contributed by atoms with van der Waals surface area (Å²) in [6.45, 7) is 4.14. The Morgan fingerprint density at radius 1 is 0.607 bits per heavy atom. The fourth-order valence-corrected chi connectivity index (χ4v) is 3.70. The highest BCUT2D eigenvalue weighted by molar-refractivity contribution is 6.30. The summed E-state index contributed by atoms with van der Waals surface area (Å²) in [6, 6.07) is 36.4. The van der Waals surface area contributed by atoms with Crippen LogP contribution in [-0.2, 0) is 5.60 Å². The molecule has 0 aliphatic carbocycles. The van der Waals surface area contributed by atoms with Crippen molar-refractivity contribution in [1.29, 1.82) is 0 Å². The van der Waals surface area contributed by atoms with Crippen molar-refractivity contribution in [2.75, 3.05) is 0 Å². The number of rotatable bonds is 5. The summed E-state index contributed by atoms with van der Waals surface area (Å²) >= 11 is 6.14. The Morgan fingerprint density at radius 2 is 1.04 bits per heavy atom. The number of hydrogen-bond donors (Lipinski definition) is 0. The Morgan fingerprint density at radius 3 is 1.43 bits per heavy atom. The Kier molecular flexibility index (Phi) is 5.18. The standard InChI is InChI=1S/C26H20ClO/c1-20-19-24(27)17-18-25(20)28-26(21-11-5-2-6-12-21,22-13-7-3-8-14-22)23-15-9-4-10-16-23/h2-19H,1H2. The molecular formula is C26H20ClO. The first-order chi connectivity index (χ1) is 13.7. The second kappa shape index (κ2) is 7.92. The van der Waals surface area contributed by atoms with E-state index in [4.69, 9.17) is 16.3 Å². The molecule has 0 atom stereocenters. The van der Waals surface area contributed by atoms with E-state index in [1.165, 1.54) is 0 Å². The van der Waals surface area contributed by atoms with Crippen molar-refractivity contribution < 1.29 is 4.74 Å². The number of ether oxygens (including phenoxy) is 1. The molecule has 1 radical (unpaired) electrons. The molecule has 0 unspecified atom stereocenters. The van der Waals surface area contributed by atoms with Gasteiger partial charge in [-0.25, -0.2) is 0 Å². The van der Waals surface area contributed by atoms with Gasteiger partial charge in [-0.15, -0.1) is 0 Å². The Hall–Kier alpha value is -3.03. The molecule has 0 bridgehead atoms. The molecule has 0 spiro atoms. The molecule has 0 aliphatic rings. The minimum atomic E-state index is -0.815. The van der Waals surface area contributed by atoms with Crippen LogP contribution < -0.4 is 4.74 Å². The van der Waals surface area contributed by atoms with E-state index in [0.717, 1.165) is 22.3 Å². The summed E-state index contributed by atoms with van der Waals surface area (Å²) in [5.41, 5.74) is 3.06. The third-order valence-corrected chi connectivity index (χ3v) is 5.06. The highest BCUT2D eigenvalue weighted by atomic mass is 35.5. The molecule has 137 valence electrons. The summed E-state index contributed by atoms with van der Waals surface area (Å²) < 4.78 is 6.82. The molecular weight excluding hydrogens is 364 g/mol. The number of hydrogen-bond acceptors (Lipinski definition) is 1. The number of halogens is 1. The molecule has 0 N–H and O–H groups in total. The van der Waals surface area contributed by atoms with Crippen LogP contribution in [0, 0.1) is 6.92 Å². The molecule has 4 aromatic rings. The highest BCUT2D eigenvalue weighted by Crippen LogP contribution is 2.42. The molecule has 2 heteroatoms. The quantitative estimate of drug-likeness (QED) is 0.341. The van der Waals surface area contributed by atoms with Gasteiger partial charge in [0.1, 0.15) is 5.75 Å². The van der Waals surface area contributed by atoms with E-state index in [0.29, 0.717) is 10.8 Å². The zero-order valence-corrected chi connectivity index (χ0v) is 16.1. The van der Waals surface area contributed by atoms with Crippen LogP contribution in [0.4, 0.5) is 0 Å². The van der Waals surface area contributed by atoms with Gasteiger partial charge in [-0.05, 0) is 30.7 Å². The molecule has 4 aromatic carbocycles. The van der Waals surface area contributed by atoms with Gasteiger partial charge in [-0.1, -0.05) is 103 Å². The molecule has 28 heavy (non-hydrogen) atoms. The fourth-order valence-electron chi connectivity index (χ4n) is 3.51. The fraction of sp³-hybridized carbons (Fsp3) is 0.0385. The molecule has 0 amide bonds. The van der Waals surface area contributed by atoms with Crippen molar-refractivity contribution in [2.45, 2.75) is 5.60 Å². The van der Waals surface area contributed by atoms with Crippen LogP contribution in [-0.4, -0.2) is 0 Å². The van der Waals surface area contributed by atoms with E-state index in [1.807, 2.05) is 72.8 Å². The molecule has 1 nitrogen and oxygen atoms in total. The molecule has 0 saturated heterocycles. The van der Waals surface area contributed by atoms with E-state index < -0.39 is 5.60 Å². The van der Waals surface area contributed by atoms with Gasteiger partial charge in [0, 0.05) is 21.7 Å². The maximum Gasteiger partial charge on any atom is 0.184 e. The molecule has 0 fully saturated rings. The first kappa shape index (κ1) is 18.3. The predicted octanol–water partition coefficient (Wildman–Crippen LogP) is 6.89. The van der Waals surface area contributed by atoms with Gasteiger partial charge in [0.15, 0.2) is 5.60 Å². The lowest BCUT2D eigenvalue weighted by Gasteiger charge is -2.36. The summed E-state index contributed by atoms with van der Waals surface area (Å²) in [7, 11) is 0. The van der Waals surface area contributed by atoms with Gasteiger partial charge in [-0.3, -0.25) is 0 Å². The second-order valence-electron chi connectivity index (χ2n) is 6.63. The van der Waals surface area contributed by atoms with E-state index in [2.05, 4.69) is 43.3 Å². The van der Waals surface area contributed by atoms with E-state index in [-0.39, 0.29) is 0 Å². The third-order valence-electron chi connectivity index (χ3n) is 4.83. The summed E-state index contributed by atoms with van der Waals surface area (Å²) in [4.78, 5) is 0. The molecule has 0 aromatic heterocycles. The van der Waals surface area contributed by atoms with Gasteiger partial charge in [0.05, 0.1) is 0 Å². The van der Waals surface area contributed by atoms with Crippen molar-refractivity contribution >= 4 is 11.6 Å². The monoisotopic (exact) mass is 383 g/mol. The van der Waals surface area contributed by atoms with Crippen molar-refractivity contribution in [3.63, 3.8) is 0 Å². The summed E-state index contributed by atoms with van der Waals surface area (Å²) in [6.07, 6.45) is 0. The van der Waals surface area contributed by atoms with E-state index in [1.54, 1.807) is 0 Å². The minimum Gasteiger partial charge on any atom is -0.473 e. The van der Waals surface area contributed by atoms with E-state index >= 15 is 0 Å². The van der Waals surface area contributed by atoms with Gasteiger partial charge in [0.25, 0.3) is 0 Å². The number of benzene rings is 4. The van der Waals surface area contributed by atoms with Gasteiger partial charge < -0.3 is 4.74 Å². The Labute approximate surface area is 171 Å². The summed E-state index contributed by atoms with van der Waals surface area (Å²) in [5.74, 6) is 0.695. The van der Waals surface area contributed by atoms with Crippen LogP contribution in [0.2, 0.25) is 5.02 Å². The lowest BCUT2D eigenvalue weighted by molar-refractivity contribution is 0.154. The van der Waals surface area contributed by atoms with Gasteiger partial charge in [0.2, 0.25) is 0 Å². The molecule has 0 heterocycles. The summed E-state index contributed by atoms with van der Waals surface area (Å²) in [5, 5.41) is 0.641. The lowest BCUT2D eigenvalue weighted by atomic mass is 9.80. The highest BCUT2D eigenvalue weighted by Gasteiger charge is 2.39. The van der Waals surface area contributed by atoms with Gasteiger partial charge in [-0.2, -0.15) is 0 Å². The smallest absolute Gasteiger partial charge is 0.184 e. The maximum atomic E-state index is 6.82. The van der Waals surface area contributed by atoms with Crippen LogP contribution in [0.15, 0.2) is 109 Å². The van der Waals surface area contributed by atoms with Crippen molar-refractivity contribution in [3.05, 3.63) is 143 Å². The van der Waals surface area contributed by atoms with Crippen LogP contribution in [0.1, 0.15) is 22.3 Å². The average Bonchev–Trinajstić information content (AvgIpc) is 2.75. The van der Waals surface area contributed by atoms with Crippen molar-refractivity contribution in [1.82, 2.24) is 0 Å².